The van der Waals surface area contributed by atoms with Crippen LogP contribution in [0.15, 0.2) is 23.2 Å². The molecular weight excluding hydrogens is 340 g/mol. The van der Waals surface area contributed by atoms with Gasteiger partial charge in [-0.1, -0.05) is 6.07 Å². The van der Waals surface area contributed by atoms with Crippen molar-refractivity contribution in [2.24, 2.45) is 4.99 Å². The molecule has 1 aromatic carbocycles. The van der Waals surface area contributed by atoms with E-state index in [9.17, 15) is 8.78 Å². The van der Waals surface area contributed by atoms with E-state index in [0.29, 0.717) is 25.1 Å². The molecule has 2 aliphatic heterocycles. The molecule has 144 valence electrons. The second-order valence-electron chi connectivity index (χ2n) is 6.63. The number of benzene rings is 1. The fourth-order valence-corrected chi connectivity index (χ4v) is 3.42. The highest BCUT2D eigenvalue weighted by molar-refractivity contribution is 5.80. The molecule has 0 radical (unpaired) electrons. The highest BCUT2D eigenvalue weighted by atomic mass is 19.1. The summed E-state index contributed by atoms with van der Waals surface area (Å²) in [6.45, 7) is 6.16. The molecule has 0 spiro atoms. The topological polar surface area (TPSA) is 46.1 Å². The van der Waals surface area contributed by atoms with Crippen LogP contribution >= 0.6 is 0 Å². The summed E-state index contributed by atoms with van der Waals surface area (Å²) in [5, 5.41) is 3.30. The lowest BCUT2D eigenvalue weighted by molar-refractivity contribution is -0.0817. The van der Waals surface area contributed by atoms with Gasteiger partial charge in [0.1, 0.15) is 17.7 Å². The Balaban J connectivity index is 1.60. The molecule has 0 bridgehead atoms. The number of ether oxygens (including phenoxy) is 2. The smallest absolute Gasteiger partial charge is 0.194 e. The minimum absolute atomic E-state index is 0.0599. The van der Waals surface area contributed by atoms with E-state index in [2.05, 4.69) is 15.2 Å². The molecule has 5 nitrogen and oxygen atoms in total. The highest BCUT2D eigenvalue weighted by Crippen LogP contribution is 2.21. The first-order valence-electron chi connectivity index (χ1n) is 9.37. The summed E-state index contributed by atoms with van der Waals surface area (Å²) < 4.78 is 38.4. The molecule has 2 aliphatic rings. The van der Waals surface area contributed by atoms with Crippen LogP contribution in [0.3, 0.4) is 0 Å². The van der Waals surface area contributed by atoms with E-state index in [0.717, 1.165) is 51.1 Å². The fraction of sp³-hybridized carbons (Fsp3) is 0.632. The van der Waals surface area contributed by atoms with E-state index < -0.39 is 11.6 Å². The summed E-state index contributed by atoms with van der Waals surface area (Å²) >= 11 is 0. The van der Waals surface area contributed by atoms with E-state index in [1.165, 1.54) is 12.1 Å². The van der Waals surface area contributed by atoms with Crippen molar-refractivity contribution in [3.63, 3.8) is 0 Å². The molecule has 2 heterocycles. The number of aliphatic imine (C=N–C) groups is 1. The SMILES string of the molecule is CCNC(=NCCc1ccc(F)cc1F)N1CCOC(C2CCCO2)C1. The monoisotopic (exact) mass is 367 g/mol. The quantitative estimate of drug-likeness (QED) is 0.641. The van der Waals surface area contributed by atoms with E-state index >= 15 is 0 Å². The van der Waals surface area contributed by atoms with Crippen LogP contribution in [0.25, 0.3) is 0 Å². The average molecular weight is 367 g/mol. The third kappa shape index (κ3) is 4.92. The van der Waals surface area contributed by atoms with Gasteiger partial charge < -0.3 is 19.7 Å². The van der Waals surface area contributed by atoms with Crippen LogP contribution < -0.4 is 5.32 Å². The van der Waals surface area contributed by atoms with E-state index in [4.69, 9.17) is 9.47 Å². The molecule has 7 heteroatoms. The third-order valence-corrected chi connectivity index (χ3v) is 4.77. The Kier molecular flexibility index (Phi) is 6.80. The fourth-order valence-electron chi connectivity index (χ4n) is 3.42. The van der Waals surface area contributed by atoms with Crippen molar-refractivity contribution in [3.8, 4) is 0 Å². The number of hydrogen-bond donors (Lipinski definition) is 1. The number of nitrogens with one attached hydrogen (secondary N) is 1. The summed E-state index contributed by atoms with van der Waals surface area (Å²) in [5.74, 6) is -0.270. The molecule has 3 rings (SSSR count). The van der Waals surface area contributed by atoms with E-state index in [1.807, 2.05) is 6.92 Å². The van der Waals surface area contributed by atoms with Crippen LogP contribution in [0.4, 0.5) is 8.78 Å². The van der Waals surface area contributed by atoms with Gasteiger partial charge in [-0.05, 0) is 37.8 Å². The molecule has 2 fully saturated rings. The van der Waals surface area contributed by atoms with Crippen molar-refractivity contribution in [1.29, 1.82) is 0 Å². The van der Waals surface area contributed by atoms with Gasteiger partial charge in [-0.25, -0.2) is 8.78 Å². The first-order valence-corrected chi connectivity index (χ1v) is 9.37. The molecule has 26 heavy (non-hydrogen) atoms. The average Bonchev–Trinajstić information content (AvgIpc) is 3.17. The van der Waals surface area contributed by atoms with Gasteiger partial charge in [0, 0.05) is 38.9 Å². The van der Waals surface area contributed by atoms with Crippen molar-refractivity contribution < 1.29 is 18.3 Å². The highest BCUT2D eigenvalue weighted by Gasteiger charge is 2.32. The third-order valence-electron chi connectivity index (χ3n) is 4.77. The summed E-state index contributed by atoms with van der Waals surface area (Å²) in [7, 11) is 0. The number of guanidine groups is 1. The van der Waals surface area contributed by atoms with E-state index in [-0.39, 0.29) is 12.2 Å². The Morgan fingerprint density at radius 1 is 1.27 bits per heavy atom. The largest absolute Gasteiger partial charge is 0.375 e. The lowest BCUT2D eigenvalue weighted by Crippen LogP contribution is -2.53. The van der Waals surface area contributed by atoms with Crippen LogP contribution in [0.1, 0.15) is 25.3 Å². The van der Waals surface area contributed by atoms with Gasteiger partial charge in [0.15, 0.2) is 5.96 Å². The maximum absolute atomic E-state index is 13.8. The number of hydrogen-bond acceptors (Lipinski definition) is 3. The zero-order chi connectivity index (χ0) is 18.4. The molecule has 2 atom stereocenters. The molecular formula is C19H27F2N3O2. The van der Waals surface area contributed by atoms with Crippen LogP contribution in [0, 0.1) is 11.6 Å². The Morgan fingerprint density at radius 2 is 2.12 bits per heavy atom. The molecule has 1 N–H and O–H groups in total. The Hall–Kier alpha value is -1.73. The summed E-state index contributed by atoms with van der Waals surface area (Å²) in [4.78, 5) is 6.81. The normalized spacial score (nSPS) is 24.1. The minimum Gasteiger partial charge on any atom is -0.375 e. The van der Waals surface area contributed by atoms with Gasteiger partial charge in [-0.15, -0.1) is 0 Å². The predicted octanol–water partition coefficient (Wildman–Crippen LogP) is 2.35. The van der Waals surface area contributed by atoms with Crippen molar-refractivity contribution >= 4 is 5.96 Å². The van der Waals surface area contributed by atoms with Crippen LogP contribution in [-0.2, 0) is 15.9 Å². The first kappa shape index (κ1) is 19.0. The summed E-state index contributed by atoms with van der Waals surface area (Å²) in [6, 6.07) is 3.68. The Morgan fingerprint density at radius 3 is 2.85 bits per heavy atom. The summed E-state index contributed by atoms with van der Waals surface area (Å²) in [5.41, 5.74) is 0.477. The van der Waals surface area contributed by atoms with E-state index in [1.54, 1.807) is 0 Å². The van der Waals surface area contributed by atoms with Crippen LogP contribution in [-0.4, -0.2) is 62.5 Å². The van der Waals surface area contributed by atoms with Gasteiger partial charge in [-0.2, -0.15) is 0 Å². The van der Waals surface area contributed by atoms with Crippen LogP contribution in [0.5, 0.6) is 0 Å². The first-order chi connectivity index (χ1) is 12.7. The van der Waals surface area contributed by atoms with Gasteiger partial charge in [-0.3, -0.25) is 4.99 Å². The van der Waals surface area contributed by atoms with Crippen molar-refractivity contribution in [1.82, 2.24) is 10.2 Å². The number of morpholine rings is 1. The molecule has 2 saturated heterocycles. The minimum atomic E-state index is -0.559. The van der Waals surface area contributed by atoms with Crippen molar-refractivity contribution in [3.05, 3.63) is 35.4 Å². The van der Waals surface area contributed by atoms with Crippen LogP contribution in [0.2, 0.25) is 0 Å². The predicted molar refractivity (Wildman–Crippen MR) is 96.3 cm³/mol. The summed E-state index contributed by atoms with van der Waals surface area (Å²) in [6.07, 6.45) is 2.77. The molecule has 0 saturated carbocycles. The lowest BCUT2D eigenvalue weighted by Gasteiger charge is -2.37. The number of halogens is 2. The second kappa shape index (κ2) is 9.28. The molecule has 0 amide bonds. The van der Waals surface area contributed by atoms with Gasteiger partial charge in [0.05, 0.1) is 12.7 Å². The Labute approximate surface area is 153 Å². The standard InChI is InChI=1S/C19H27F2N3O2/c1-2-22-19(23-8-7-14-5-6-15(20)12-16(14)21)24-9-11-26-18(13-24)17-4-3-10-25-17/h5-6,12,17-18H,2-4,7-11,13H2,1H3,(H,22,23). The zero-order valence-corrected chi connectivity index (χ0v) is 15.2. The lowest BCUT2D eigenvalue weighted by atomic mass is 10.1. The van der Waals surface area contributed by atoms with Gasteiger partial charge >= 0.3 is 0 Å². The van der Waals surface area contributed by atoms with Gasteiger partial charge in [0.2, 0.25) is 0 Å². The molecule has 0 aromatic heterocycles. The number of rotatable bonds is 5. The maximum Gasteiger partial charge on any atom is 0.194 e. The van der Waals surface area contributed by atoms with Crippen molar-refractivity contribution in [2.75, 3.05) is 39.4 Å². The second-order valence-corrected chi connectivity index (χ2v) is 6.63. The Bertz CT molecular complexity index is 621. The van der Waals surface area contributed by atoms with Gasteiger partial charge in [0.25, 0.3) is 0 Å². The molecule has 1 aromatic rings. The van der Waals surface area contributed by atoms with Crippen molar-refractivity contribution in [2.45, 2.75) is 38.4 Å². The number of nitrogens with zero attached hydrogens (tertiary/aromatic N) is 2. The molecule has 0 aliphatic carbocycles. The maximum atomic E-state index is 13.8. The zero-order valence-electron chi connectivity index (χ0n) is 15.2. The molecule has 2 unspecified atom stereocenters.